The number of halogens is 1. The third-order valence-corrected chi connectivity index (χ3v) is 2.38. The minimum absolute atomic E-state index is 0.151. The lowest BCUT2D eigenvalue weighted by atomic mass is 10.0. The van der Waals surface area contributed by atoms with Crippen LogP contribution in [-0.4, -0.2) is 12.6 Å². The van der Waals surface area contributed by atoms with Crippen LogP contribution in [0.15, 0.2) is 18.2 Å². The van der Waals surface area contributed by atoms with Gasteiger partial charge in [-0.25, -0.2) is 4.39 Å². The minimum atomic E-state index is -0.151. The fourth-order valence-electron chi connectivity index (χ4n) is 1.64. The van der Waals surface area contributed by atoms with E-state index in [1.165, 1.54) is 11.6 Å². The maximum atomic E-state index is 12.8. The zero-order valence-electron chi connectivity index (χ0n) is 9.10. The fraction of sp³-hybridized carbons (Fsp3) is 0.500. The van der Waals surface area contributed by atoms with Crippen LogP contribution in [0.1, 0.15) is 25.0 Å². The molecule has 0 amide bonds. The summed E-state index contributed by atoms with van der Waals surface area (Å²) >= 11 is 0. The lowest BCUT2D eigenvalue weighted by molar-refractivity contribution is 0.562. The quantitative estimate of drug-likeness (QED) is 0.779. The number of hydrogen-bond donors (Lipinski definition) is 1. The van der Waals surface area contributed by atoms with Crippen molar-refractivity contribution in [3.8, 4) is 0 Å². The number of aryl methyl sites for hydroxylation is 1. The van der Waals surface area contributed by atoms with E-state index in [0.29, 0.717) is 6.04 Å². The van der Waals surface area contributed by atoms with Crippen LogP contribution in [0.2, 0.25) is 0 Å². The zero-order chi connectivity index (χ0) is 10.6. The van der Waals surface area contributed by atoms with E-state index in [1.54, 1.807) is 6.07 Å². The summed E-state index contributed by atoms with van der Waals surface area (Å²) in [7, 11) is 0. The summed E-state index contributed by atoms with van der Waals surface area (Å²) in [5.74, 6) is -0.151. The highest BCUT2D eigenvalue weighted by atomic mass is 19.1. The van der Waals surface area contributed by atoms with Crippen molar-refractivity contribution in [3.63, 3.8) is 0 Å². The zero-order valence-corrected chi connectivity index (χ0v) is 9.10. The number of rotatable bonds is 4. The topological polar surface area (TPSA) is 12.0 Å². The highest BCUT2D eigenvalue weighted by molar-refractivity contribution is 5.27. The van der Waals surface area contributed by atoms with Gasteiger partial charge in [-0.05, 0) is 50.1 Å². The normalized spacial score (nSPS) is 12.9. The van der Waals surface area contributed by atoms with Gasteiger partial charge in [0, 0.05) is 6.04 Å². The maximum Gasteiger partial charge on any atom is 0.123 e. The molecule has 0 saturated heterocycles. The summed E-state index contributed by atoms with van der Waals surface area (Å²) in [6, 6.07) is 5.44. The second kappa shape index (κ2) is 5.11. The van der Waals surface area contributed by atoms with Gasteiger partial charge in [-0.15, -0.1) is 0 Å². The maximum absolute atomic E-state index is 12.8. The van der Waals surface area contributed by atoms with Crippen molar-refractivity contribution in [1.29, 1.82) is 0 Å². The molecule has 1 aromatic carbocycles. The minimum Gasteiger partial charge on any atom is -0.314 e. The SMILES string of the molecule is CCNC(C)Cc1ccc(F)cc1C. The fourth-order valence-corrected chi connectivity index (χ4v) is 1.64. The second-order valence-electron chi connectivity index (χ2n) is 3.73. The van der Waals surface area contributed by atoms with E-state index in [0.717, 1.165) is 18.5 Å². The second-order valence-corrected chi connectivity index (χ2v) is 3.73. The number of likely N-dealkylation sites (N-methyl/N-ethyl adjacent to an activating group) is 1. The summed E-state index contributed by atoms with van der Waals surface area (Å²) in [5.41, 5.74) is 2.26. The molecule has 1 rings (SSSR count). The van der Waals surface area contributed by atoms with E-state index < -0.39 is 0 Å². The summed E-state index contributed by atoms with van der Waals surface area (Å²) in [6.45, 7) is 7.17. The molecule has 1 nitrogen and oxygen atoms in total. The van der Waals surface area contributed by atoms with E-state index in [-0.39, 0.29) is 5.82 Å². The molecule has 14 heavy (non-hydrogen) atoms. The van der Waals surface area contributed by atoms with Crippen LogP contribution in [0.25, 0.3) is 0 Å². The number of nitrogens with one attached hydrogen (secondary N) is 1. The molecular formula is C12H18FN. The molecule has 1 aromatic rings. The van der Waals surface area contributed by atoms with Crippen molar-refractivity contribution in [1.82, 2.24) is 5.32 Å². The number of benzene rings is 1. The van der Waals surface area contributed by atoms with Gasteiger partial charge in [0.15, 0.2) is 0 Å². The van der Waals surface area contributed by atoms with Gasteiger partial charge >= 0.3 is 0 Å². The molecule has 0 bridgehead atoms. The van der Waals surface area contributed by atoms with Crippen molar-refractivity contribution in [2.24, 2.45) is 0 Å². The van der Waals surface area contributed by atoms with Crippen LogP contribution in [0.3, 0.4) is 0 Å². The van der Waals surface area contributed by atoms with Gasteiger partial charge in [0.2, 0.25) is 0 Å². The van der Waals surface area contributed by atoms with Gasteiger partial charge in [0.05, 0.1) is 0 Å². The highest BCUT2D eigenvalue weighted by Gasteiger charge is 2.04. The van der Waals surface area contributed by atoms with Crippen LogP contribution in [0.5, 0.6) is 0 Å². The predicted octanol–water partition coefficient (Wildman–Crippen LogP) is 2.67. The summed E-state index contributed by atoms with van der Waals surface area (Å²) in [4.78, 5) is 0. The van der Waals surface area contributed by atoms with E-state index in [4.69, 9.17) is 0 Å². The Balaban J connectivity index is 2.67. The first-order chi connectivity index (χ1) is 6.63. The summed E-state index contributed by atoms with van der Waals surface area (Å²) in [6.07, 6.45) is 0.958. The van der Waals surface area contributed by atoms with Crippen molar-refractivity contribution in [2.75, 3.05) is 6.54 Å². The van der Waals surface area contributed by atoms with Gasteiger partial charge in [0.1, 0.15) is 5.82 Å². The van der Waals surface area contributed by atoms with Crippen LogP contribution >= 0.6 is 0 Å². The number of hydrogen-bond acceptors (Lipinski definition) is 1. The first kappa shape index (κ1) is 11.2. The monoisotopic (exact) mass is 195 g/mol. The molecule has 1 atom stereocenters. The Kier molecular flexibility index (Phi) is 4.08. The standard InChI is InChI=1S/C12H18FN/c1-4-14-10(3)8-11-5-6-12(13)7-9(11)2/h5-7,10,14H,4,8H2,1-3H3. The first-order valence-corrected chi connectivity index (χ1v) is 5.12. The van der Waals surface area contributed by atoms with E-state index in [9.17, 15) is 4.39 Å². The average Bonchev–Trinajstić information content (AvgIpc) is 2.10. The molecule has 2 heteroatoms. The third kappa shape index (κ3) is 3.11. The highest BCUT2D eigenvalue weighted by Crippen LogP contribution is 2.12. The Morgan fingerprint density at radius 3 is 2.71 bits per heavy atom. The molecular weight excluding hydrogens is 177 g/mol. The molecule has 0 aromatic heterocycles. The molecule has 0 fully saturated rings. The Labute approximate surface area is 85.3 Å². The third-order valence-electron chi connectivity index (χ3n) is 2.38. The van der Waals surface area contributed by atoms with E-state index >= 15 is 0 Å². The molecule has 0 saturated carbocycles. The molecule has 0 heterocycles. The lowest BCUT2D eigenvalue weighted by Gasteiger charge is -2.13. The van der Waals surface area contributed by atoms with Crippen LogP contribution in [-0.2, 0) is 6.42 Å². The van der Waals surface area contributed by atoms with Crippen LogP contribution in [0.4, 0.5) is 4.39 Å². The molecule has 1 unspecified atom stereocenters. The molecule has 0 aliphatic heterocycles. The molecule has 0 spiro atoms. The van der Waals surface area contributed by atoms with Crippen molar-refractivity contribution < 1.29 is 4.39 Å². The Morgan fingerprint density at radius 2 is 2.14 bits per heavy atom. The van der Waals surface area contributed by atoms with Gasteiger partial charge in [-0.1, -0.05) is 13.0 Å². The van der Waals surface area contributed by atoms with Crippen molar-refractivity contribution in [2.45, 2.75) is 33.2 Å². The summed E-state index contributed by atoms with van der Waals surface area (Å²) in [5, 5.41) is 3.34. The largest absolute Gasteiger partial charge is 0.314 e. The first-order valence-electron chi connectivity index (χ1n) is 5.12. The molecule has 1 N–H and O–H groups in total. The molecule has 0 aliphatic rings. The van der Waals surface area contributed by atoms with Gasteiger partial charge in [0.25, 0.3) is 0 Å². The van der Waals surface area contributed by atoms with E-state index in [2.05, 4.69) is 19.2 Å². The van der Waals surface area contributed by atoms with Crippen molar-refractivity contribution >= 4 is 0 Å². The lowest BCUT2D eigenvalue weighted by Crippen LogP contribution is -2.27. The smallest absolute Gasteiger partial charge is 0.123 e. The van der Waals surface area contributed by atoms with Gasteiger partial charge in [-0.3, -0.25) is 0 Å². The van der Waals surface area contributed by atoms with E-state index in [1.807, 2.05) is 13.0 Å². The van der Waals surface area contributed by atoms with Crippen molar-refractivity contribution in [3.05, 3.63) is 35.1 Å². The molecule has 78 valence electrons. The predicted molar refractivity (Wildman–Crippen MR) is 58.0 cm³/mol. The molecule has 0 aliphatic carbocycles. The Bertz CT molecular complexity index is 296. The molecule has 0 radical (unpaired) electrons. The van der Waals surface area contributed by atoms with Crippen LogP contribution in [0, 0.1) is 12.7 Å². The average molecular weight is 195 g/mol. The Hall–Kier alpha value is -0.890. The van der Waals surface area contributed by atoms with Gasteiger partial charge < -0.3 is 5.32 Å². The Morgan fingerprint density at radius 1 is 1.43 bits per heavy atom. The van der Waals surface area contributed by atoms with Crippen LogP contribution < -0.4 is 5.32 Å². The van der Waals surface area contributed by atoms with Gasteiger partial charge in [-0.2, -0.15) is 0 Å². The summed E-state index contributed by atoms with van der Waals surface area (Å²) < 4.78 is 12.8.